The van der Waals surface area contributed by atoms with Crippen LogP contribution in [0, 0.1) is 12.3 Å². The first-order valence-corrected chi connectivity index (χ1v) is 11.5. The second-order valence-corrected chi connectivity index (χ2v) is 9.43. The zero-order valence-corrected chi connectivity index (χ0v) is 19.5. The highest BCUT2D eigenvalue weighted by Crippen LogP contribution is 2.48. The molecule has 0 radical (unpaired) electrons. The van der Waals surface area contributed by atoms with Crippen LogP contribution in [-0.2, 0) is 0 Å². The molecule has 0 aliphatic carbocycles. The molecule has 2 aromatic carbocycles. The number of likely N-dealkylation sites (tertiary alicyclic amines) is 2. The van der Waals surface area contributed by atoms with Crippen LogP contribution in [0.4, 0.5) is 0 Å². The summed E-state index contributed by atoms with van der Waals surface area (Å²) in [7, 11) is 3.78. The van der Waals surface area contributed by atoms with E-state index in [0.717, 1.165) is 67.2 Å². The van der Waals surface area contributed by atoms with E-state index >= 15 is 0 Å². The van der Waals surface area contributed by atoms with Gasteiger partial charge in [-0.2, -0.15) is 4.98 Å². The van der Waals surface area contributed by atoms with E-state index in [1.165, 1.54) is 0 Å². The van der Waals surface area contributed by atoms with Crippen molar-refractivity contribution in [2.24, 2.45) is 5.41 Å². The molecule has 0 N–H and O–H groups in total. The highest BCUT2D eigenvalue weighted by atomic mass is 16.5. The number of piperidine rings is 1. The van der Waals surface area contributed by atoms with Crippen molar-refractivity contribution in [2.45, 2.75) is 32.2 Å². The summed E-state index contributed by atoms with van der Waals surface area (Å²) in [4.78, 5) is 22.2. The first kappa shape index (κ1) is 21.6. The molecule has 5 rings (SSSR count). The molecule has 2 fully saturated rings. The molecule has 1 unspecified atom stereocenters. The Balaban J connectivity index is 1.25. The van der Waals surface area contributed by atoms with E-state index in [9.17, 15) is 4.79 Å². The predicted octanol–water partition coefficient (Wildman–Crippen LogP) is 4.35. The SMILES string of the molecule is COc1ccc(C(=O)N2CCC3(CC2)CC(c2noc(-c4ccccc4)n2)N(C)C3)c(C)c1. The molecule has 3 heterocycles. The topological polar surface area (TPSA) is 71.7 Å². The molecule has 7 heteroatoms. The van der Waals surface area contributed by atoms with Crippen LogP contribution in [0.3, 0.4) is 0 Å². The summed E-state index contributed by atoms with van der Waals surface area (Å²) in [6.07, 6.45) is 2.96. The maximum Gasteiger partial charge on any atom is 0.257 e. The van der Waals surface area contributed by atoms with Crippen molar-refractivity contribution < 1.29 is 14.1 Å². The monoisotopic (exact) mass is 446 g/mol. The smallest absolute Gasteiger partial charge is 0.257 e. The fourth-order valence-electron chi connectivity index (χ4n) is 5.35. The lowest BCUT2D eigenvalue weighted by molar-refractivity contribution is 0.0592. The average molecular weight is 447 g/mol. The van der Waals surface area contributed by atoms with E-state index < -0.39 is 0 Å². The molecule has 1 aromatic heterocycles. The van der Waals surface area contributed by atoms with Crippen molar-refractivity contribution in [3.8, 4) is 17.2 Å². The summed E-state index contributed by atoms with van der Waals surface area (Å²) in [5, 5.41) is 4.31. The van der Waals surface area contributed by atoms with Gasteiger partial charge < -0.3 is 14.2 Å². The van der Waals surface area contributed by atoms with Crippen LogP contribution in [-0.4, -0.2) is 59.6 Å². The summed E-state index contributed by atoms with van der Waals surface area (Å²) in [5.74, 6) is 2.20. The number of benzene rings is 2. The predicted molar refractivity (Wildman–Crippen MR) is 125 cm³/mol. The van der Waals surface area contributed by atoms with E-state index in [1.807, 2.05) is 60.4 Å². The molecule has 2 saturated heterocycles. The minimum atomic E-state index is 0.110. The first-order chi connectivity index (χ1) is 16.0. The zero-order chi connectivity index (χ0) is 23.0. The van der Waals surface area contributed by atoms with Crippen molar-refractivity contribution in [3.05, 3.63) is 65.5 Å². The van der Waals surface area contributed by atoms with Crippen LogP contribution in [0.1, 0.15) is 47.1 Å². The molecular weight excluding hydrogens is 416 g/mol. The summed E-state index contributed by atoms with van der Waals surface area (Å²) in [5.41, 5.74) is 2.82. The van der Waals surface area contributed by atoms with Gasteiger partial charge in [0.15, 0.2) is 5.82 Å². The van der Waals surface area contributed by atoms with Crippen LogP contribution in [0.2, 0.25) is 0 Å². The van der Waals surface area contributed by atoms with Crippen molar-refractivity contribution in [3.63, 3.8) is 0 Å². The number of amides is 1. The number of aromatic nitrogens is 2. The second kappa shape index (κ2) is 8.63. The molecule has 0 bridgehead atoms. The molecule has 0 saturated carbocycles. The molecular formula is C26H30N4O3. The van der Waals surface area contributed by atoms with Gasteiger partial charge in [0.25, 0.3) is 11.8 Å². The van der Waals surface area contributed by atoms with E-state index in [2.05, 4.69) is 17.1 Å². The van der Waals surface area contributed by atoms with Crippen molar-refractivity contribution >= 4 is 5.91 Å². The summed E-state index contributed by atoms with van der Waals surface area (Å²) in [6.45, 7) is 4.49. The Hall–Kier alpha value is -3.19. The fraction of sp³-hybridized carbons (Fsp3) is 0.423. The molecule has 2 aliphatic rings. The maximum atomic E-state index is 13.2. The Morgan fingerprint density at radius 1 is 1.15 bits per heavy atom. The van der Waals surface area contributed by atoms with Crippen molar-refractivity contribution in [1.82, 2.24) is 19.9 Å². The highest BCUT2D eigenvalue weighted by molar-refractivity contribution is 5.95. The highest BCUT2D eigenvalue weighted by Gasteiger charge is 2.46. The van der Waals surface area contributed by atoms with Gasteiger partial charge in [-0.3, -0.25) is 9.69 Å². The normalized spacial score (nSPS) is 20.3. The maximum absolute atomic E-state index is 13.2. The van der Waals surface area contributed by atoms with Crippen LogP contribution >= 0.6 is 0 Å². The quantitative estimate of drug-likeness (QED) is 0.593. The molecule has 33 heavy (non-hydrogen) atoms. The molecule has 1 spiro atoms. The second-order valence-electron chi connectivity index (χ2n) is 9.43. The summed E-state index contributed by atoms with van der Waals surface area (Å²) >= 11 is 0. The van der Waals surface area contributed by atoms with Crippen LogP contribution in [0.15, 0.2) is 53.1 Å². The number of hydrogen-bond donors (Lipinski definition) is 0. The van der Waals surface area contributed by atoms with Gasteiger partial charge in [-0.05, 0) is 74.5 Å². The number of carbonyl (C=O) groups is 1. The van der Waals surface area contributed by atoms with Gasteiger partial charge in [0.05, 0.1) is 13.2 Å². The zero-order valence-electron chi connectivity index (χ0n) is 19.5. The number of ether oxygens (including phenoxy) is 1. The molecule has 1 amide bonds. The van der Waals surface area contributed by atoms with Gasteiger partial charge in [-0.25, -0.2) is 0 Å². The van der Waals surface area contributed by atoms with Gasteiger partial charge in [0.1, 0.15) is 5.75 Å². The van der Waals surface area contributed by atoms with Gasteiger partial charge >= 0.3 is 0 Å². The Kier molecular flexibility index (Phi) is 5.66. The number of carbonyl (C=O) groups excluding carboxylic acids is 1. The molecule has 7 nitrogen and oxygen atoms in total. The first-order valence-electron chi connectivity index (χ1n) is 11.5. The number of hydrogen-bond acceptors (Lipinski definition) is 6. The van der Waals surface area contributed by atoms with E-state index in [1.54, 1.807) is 7.11 Å². The lowest BCUT2D eigenvalue weighted by atomic mass is 9.76. The average Bonchev–Trinajstić information content (AvgIpc) is 3.44. The molecule has 3 aromatic rings. The Bertz CT molecular complexity index is 1140. The molecule has 1 atom stereocenters. The molecule has 2 aliphatic heterocycles. The summed E-state index contributed by atoms with van der Waals surface area (Å²) in [6, 6.07) is 15.7. The number of aryl methyl sites for hydroxylation is 1. The number of methoxy groups -OCH3 is 1. The largest absolute Gasteiger partial charge is 0.497 e. The number of rotatable bonds is 4. The third-order valence-corrected chi connectivity index (χ3v) is 7.28. The van der Waals surface area contributed by atoms with Crippen LogP contribution in [0.25, 0.3) is 11.5 Å². The third kappa shape index (κ3) is 4.13. The molecule has 172 valence electrons. The van der Waals surface area contributed by atoms with Crippen molar-refractivity contribution in [2.75, 3.05) is 33.8 Å². The van der Waals surface area contributed by atoms with Gasteiger partial charge in [-0.15, -0.1) is 0 Å². The van der Waals surface area contributed by atoms with E-state index in [-0.39, 0.29) is 17.4 Å². The van der Waals surface area contributed by atoms with E-state index in [4.69, 9.17) is 14.2 Å². The summed E-state index contributed by atoms with van der Waals surface area (Å²) < 4.78 is 10.8. The van der Waals surface area contributed by atoms with Gasteiger partial charge in [0.2, 0.25) is 0 Å². The Morgan fingerprint density at radius 2 is 1.91 bits per heavy atom. The van der Waals surface area contributed by atoms with Crippen LogP contribution < -0.4 is 4.74 Å². The van der Waals surface area contributed by atoms with Gasteiger partial charge in [0, 0.05) is 30.8 Å². The van der Waals surface area contributed by atoms with Crippen molar-refractivity contribution in [1.29, 1.82) is 0 Å². The van der Waals surface area contributed by atoms with Gasteiger partial charge in [-0.1, -0.05) is 23.4 Å². The minimum Gasteiger partial charge on any atom is -0.497 e. The van der Waals surface area contributed by atoms with E-state index in [0.29, 0.717) is 5.89 Å². The fourth-order valence-corrected chi connectivity index (χ4v) is 5.35. The lowest BCUT2D eigenvalue weighted by Gasteiger charge is -2.39. The third-order valence-electron chi connectivity index (χ3n) is 7.28. The Labute approximate surface area is 194 Å². The Morgan fingerprint density at radius 3 is 2.61 bits per heavy atom. The minimum absolute atomic E-state index is 0.110. The van der Waals surface area contributed by atoms with Crippen LogP contribution in [0.5, 0.6) is 5.75 Å². The standard InChI is InChI=1S/C26H30N4O3/c1-18-15-20(32-3)9-10-21(18)25(31)30-13-11-26(12-14-30)16-22(29(2)17-26)23-27-24(33-28-23)19-7-5-4-6-8-19/h4-10,15,22H,11-14,16-17H2,1-3H3. The lowest BCUT2D eigenvalue weighted by Crippen LogP contribution is -2.44. The number of nitrogens with zero attached hydrogens (tertiary/aromatic N) is 4.